The molecule has 0 radical (unpaired) electrons. The number of rotatable bonds is 13. The zero-order valence-electron chi connectivity index (χ0n) is 16.6. The van der Waals surface area contributed by atoms with Crippen LogP contribution in [0.2, 0.25) is 0 Å². The fourth-order valence-corrected chi connectivity index (χ4v) is 2.46. The zero-order valence-corrected chi connectivity index (χ0v) is 17.4. The molecule has 1 aromatic rings. The molecule has 0 aliphatic carbocycles. The van der Waals surface area contributed by atoms with E-state index in [-0.39, 0.29) is 30.5 Å². The van der Waals surface area contributed by atoms with E-state index < -0.39 is 5.97 Å². The van der Waals surface area contributed by atoms with Crippen LogP contribution in [0.3, 0.4) is 0 Å². The van der Waals surface area contributed by atoms with Crippen molar-refractivity contribution in [2.45, 2.75) is 45.4 Å². The second-order valence-electron chi connectivity index (χ2n) is 6.15. The molecule has 0 saturated heterocycles. The summed E-state index contributed by atoms with van der Waals surface area (Å²) in [6.45, 7) is 3.39. The third kappa shape index (κ3) is 11.5. The Bertz CT molecular complexity index is 607. The molecule has 2 N–H and O–H groups in total. The normalized spacial score (nSPS) is 10.2. The van der Waals surface area contributed by atoms with E-state index >= 15 is 0 Å². The lowest BCUT2D eigenvalue weighted by Crippen LogP contribution is -2.34. The summed E-state index contributed by atoms with van der Waals surface area (Å²) in [5, 5.41) is 5.63. The molecule has 0 atom stereocenters. The Hall–Kier alpha value is -2.19. The molecule has 0 fully saturated rings. The molecule has 7 nitrogen and oxygen atoms in total. The van der Waals surface area contributed by atoms with Crippen LogP contribution < -0.4 is 15.4 Å². The van der Waals surface area contributed by atoms with Crippen molar-refractivity contribution in [2.24, 2.45) is 0 Å². The number of amides is 1. The number of methoxy groups -OCH3 is 1. The number of thiocarbonyl (C=S) groups is 1. The van der Waals surface area contributed by atoms with Gasteiger partial charge in [-0.2, -0.15) is 0 Å². The lowest BCUT2D eigenvalue weighted by Gasteiger charge is -2.11. The molecule has 0 bridgehead atoms. The maximum Gasteiger partial charge on any atom is 0.306 e. The molecule has 0 saturated carbocycles. The highest BCUT2D eigenvalue weighted by molar-refractivity contribution is 7.80. The molecule has 0 aliphatic rings. The van der Waals surface area contributed by atoms with Crippen LogP contribution in [0, 0.1) is 0 Å². The number of ether oxygens (including phenoxy) is 3. The van der Waals surface area contributed by atoms with E-state index in [1.165, 1.54) is 26.4 Å². The molecular formula is C20H30N2O5S. The van der Waals surface area contributed by atoms with Gasteiger partial charge >= 0.3 is 5.97 Å². The summed E-state index contributed by atoms with van der Waals surface area (Å²) in [6, 6.07) is 7.35. The first-order chi connectivity index (χ1) is 13.5. The van der Waals surface area contributed by atoms with Crippen molar-refractivity contribution in [1.29, 1.82) is 0 Å². The summed E-state index contributed by atoms with van der Waals surface area (Å²) in [5.41, 5.74) is 0.739. The number of nitrogens with one attached hydrogen (secondary N) is 2. The summed E-state index contributed by atoms with van der Waals surface area (Å²) < 4.78 is 15.4. The van der Waals surface area contributed by atoms with Crippen LogP contribution in [0.25, 0.3) is 0 Å². The fraction of sp³-hybridized carbons (Fsp3) is 0.550. The Balaban J connectivity index is 2.25. The van der Waals surface area contributed by atoms with Crippen molar-refractivity contribution in [2.75, 3.05) is 32.2 Å². The second-order valence-corrected chi connectivity index (χ2v) is 6.56. The molecule has 1 aromatic carbocycles. The van der Waals surface area contributed by atoms with E-state index in [1.54, 1.807) is 0 Å². The molecule has 1 rings (SSSR count). The third-order valence-corrected chi connectivity index (χ3v) is 3.94. The van der Waals surface area contributed by atoms with E-state index in [1.807, 2.05) is 24.3 Å². The number of esters is 1. The van der Waals surface area contributed by atoms with Gasteiger partial charge in [0.25, 0.3) is 0 Å². The third-order valence-electron chi connectivity index (χ3n) is 3.74. The Morgan fingerprint density at radius 1 is 1.00 bits per heavy atom. The highest BCUT2D eigenvalue weighted by atomic mass is 32.1. The molecule has 1 amide bonds. The molecule has 0 spiro atoms. The molecule has 156 valence electrons. The predicted molar refractivity (Wildman–Crippen MR) is 113 cm³/mol. The van der Waals surface area contributed by atoms with Gasteiger partial charge in [-0.25, -0.2) is 0 Å². The second kappa shape index (κ2) is 14.8. The fourth-order valence-electron chi connectivity index (χ4n) is 2.23. The maximum atomic E-state index is 11.8. The van der Waals surface area contributed by atoms with Gasteiger partial charge in [0.15, 0.2) is 5.11 Å². The number of anilines is 1. The molecule has 28 heavy (non-hydrogen) atoms. The van der Waals surface area contributed by atoms with Crippen molar-refractivity contribution in [3.05, 3.63) is 24.3 Å². The first-order valence-electron chi connectivity index (χ1n) is 9.53. The van der Waals surface area contributed by atoms with Gasteiger partial charge in [0.2, 0.25) is 5.91 Å². The minimum atomic E-state index is -0.448. The van der Waals surface area contributed by atoms with Crippen molar-refractivity contribution in [3.63, 3.8) is 0 Å². The van der Waals surface area contributed by atoms with E-state index in [0.29, 0.717) is 13.2 Å². The van der Waals surface area contributed by atoms with Crippen LogP contribution >= 0.6 is 12.2 Å². The summed E-state index contributed by atoms with van der Waals surface area (Å²) in [4.78, 5) is 23.3. The molecule has 0 unspecified atom stereocenters. The summed E-state index contributed by atoms with van der Waals surface area (Å²) >= 11 is 5.11. The Morgan fingerprint density at radius 2 is 1.75 bits per heavy atom. The number of unbranched alkanes of at least 4 members (excludes halogenated alkanes) is 3. The number of hydrogen-bond donors (Lipinski definition) is 2. The summed E-state index contributed by atoms with van der Waals surface area (Å²) in [7, 11) is 1.52. The van der Waals surface area contributed by atoms with Gasteiger partial charge in [-0.15, -0.1) is 0 Å². The Morgan fingerprint density at radius 3 is 2.43 bits per heavy atom. The molecular weight excluding hydrogens is 380 g/mol. The zero-order chi connectivity index (χ0) is 20.6. The van der Waals surface area contributed by atoms with Crippen molar-refractivity contribution in [3.8, 4) is 5.75 Å². The van der Waals surface area contributed by atoms with Gasteiger partial charge in [0.05, 0.1) is 19.6 Å². The number of carbonyl (C=O) groups is 2. The minimum absolute atomic E-state index is 0.00154. The highest BCUT2D eigenvalue weighted by Gasteiger charge is 2.09. The Labute approximate surface area is 172 Å². The van der Waals surface area contributed by atoms with Gasteiger partial charge in [0, 0.05) is 19.2 Å². The monoisotopic (exact) mass is 410 g/mol. The molecule has 8 heteroatoms. The van der Waals surface area contributed by atoms with Crippen LogP contribution in [0.4, 0.5) is 5.69 Å². The van der Waals surface area contributed by atoms with Crippen molar-refractivity contribution in [1.82, 2.24) is 5.32 Å². The van der Waals surface area contributed by atoms with E-state index in [2.05, 4.69) is 17.6 Å². The van der Waals surface area contributed by atoms with Gasteiger partial charge in [0.1, 0.15) is 12.4 Å². The predicted octanol–water partition coefficient (Wildman–Crippen LogP) is 3.43. The summed E-state index contributed by atoms with van der Waals surface area (Å²) in [6.07, 6.45) is 4.64. The average Bonchev–Trinajstić information content (AvgIpc) is 2.67. The van der Waals surface area contributed by atoms with Gasteiger partial charge in [-0.1, -0.05) is 26.2 Å². The van der Waals surface area contributed by atoms with E-state index in [4.69, 9.17) is 26.4 Å². The van der Waals surface area contributed by atoms with Gasteiger partial charge in [-0.05, 0) is 42.9 Å². The van der Waals surface area contributed by atoms with Crippen molar-refractivity contribution >= 4 is 34.9 Å². The quantitative estimate of drug-likeness (QED) is 0.293. The lowest BCUT2D eigenvalue weighted by atomic mass is 10.2. The topological polar surface area (TPSA) is 85.9 Å². The van der Waals surface area contributed by atoms with Gasteiger partial charge < -0.3 is 24.8 Å². The van der Waals surface area contributed by atoms with Crippen LogP contribution in [0.5, 0.6) is 5.75 Å². The largest absolute Gasteiger partial charge is 0.494 e. The van der Waals surface area contributed by atoms with Crippen LogP contribution in [-0.4, -0.2) is 43.9 Å². The lowest BCUT2D eigenvalue weighted by molar-refractivity contribution is -0.146. The smallest absolute Gasteiger partial charge is 0.306 e. The van der Waals surface area contributed by atoms with E-state index in [9.17, 15) is 9.59 Å². The van der Waals surface area contributed by atoms with Gasteiger partial charge in [-0.3, -0.25) is 9.59 Å². The first kappa shape index (κ1) is 23.8. The van der Waals surface area contributed by atoms with Crippen molar-refractivity contribution < 1.29 is 23.8 Å². The molecule has 0 aromatic heterocycles. The molecule has 0 aliphatic heterocycles. The number of benzene rings is 1. The SMILES string of the molecule is CCCCCCOc1ccc(NC(=S)NC(=O)CCC(=O)OCCOC)cc1. The number of hydrogen-bond acceptors (Lipinski definition) is 6. The minimum Gasteiger partial charge on any atom is -0.494 e. The Kier molecular flexibility index (Phi) is 12.6. The van der Waals surface area contributed by atoms with Crippen LogP contribution in [0.15, 0.2) is 24.3 Å². The van der Waals surface area contributed by atoms with Crippen LogP contribution in [-0.2, 0) is 19.1 Å². The molecule has 0 heterocycles. The summed E-state index contributed by atoms with van der Waals surface area (Å²) in [5.74, 6) is -0.00595. The first-order valence-corrected chi connectivity index (χ1v) is 9.94. The van der Waals surface area contributed by atoms with E-state index in [0.717, 1.165) is 17.9 Å². The average molecular weight is 411 g/mol. The maximum absolute atomic E-state index is 11.8. The standard InChI is InChI=1S/C20H30N2O5S/c1-3-4-5-6-13-26-17-9-7-16(8-10-17)21-20(28)22-18(23)11-12-19(24)27-15-14-25-2/h7-10H,3-6,11-15H2,1-2H3,(H2,21,22,23,28). The highest BCUT2D eigenvalue weighted by Crippen LogP contribution is 2.16. The number of carbonyl (C=O) groups excluding carboxylic acids is 2. The van der Waals surface area contributed by atoms with Crippen LogP contribution in [0.1, 0.15) is 45.4 Å².